The summed E-state index contributed by atoms with van der Waals surface area (Å²) in [5.41, 5.74) is 2.27. The van der Waals surface area contributed by atoms with Crippen molar-refractivity contribution in [2.75, 3.05) is 18.5 Å². The van der Waals surface area contributed by atoms with Crippen molar-refractivity contribution < 1.29 is 32.3 Å². The van der Waals surface area contributed by atoms with Gasteiger partial charge in [0.1, 0.15) is 11.6 Å². The van der Waals surface area contributed by atoms with Gasteiger partial charge in [-0.1, -0.05) is 54.6 Å². The van der Waals surface area contributed by atoms with Crippen LogP contribution in [0.3, 0.4) is 0 Å². The number of rotatable bonds is 4. The van der Waals surface area contributed by atoms with Gasteiger partial charge in [0.25, 0.3) is 5.91 Å². The smallest absolute Gasteiger partial charge is 0.414 e. The fraction of sp³-hybridized carbons (Fsp3) is 0.486. The third-order valence-electron chi connectivity index (χ3n) is 10.3. The Kier molecular flexibility index (Phi) is 8.10. The van der Waals surface area contributed by atoms with Crippen molar-refractivity contribution in [3.63, 3.8) is 0 Å². The zero-order valence-corrected chi connectivity index (χ0v) is 27.2. The molecule has 0 radical (unpaired) electrons. The van der Waals surface area contributed by atoms with Crippen LogP contribution in [0.4, 0.5) is 10.5 Å². The van der Waals surface area contributed by atoms with Gasteiger partial charge in [-0.25, -0.2) is 13.2 Å². The number of allylic oxidation sites excluding steroid dienone is 1. The zero-order valence-electron chi connectivity index (χ0n) is 26.4. The van der Waals surface area contributed by atoms with Gasteiger partial charge in [-0.2, -0.15) is 0 Å². The Labute approximate surface area is 274 Å². The topological polar surface area (TPSA) is 142 Å². The van der Waals surface area contributed by atoms with E-state index in [0.29, 0.717) is 25.9 Å². The average molecular weight is 661 g/mol. The van der Waals surface area contributed by atoms with Crippen LogP contribution >= 0.6 is 0 Å². The minimum atomic E-state index is -3.83. The van der Waals surface area contributed by atoms with Gasteiger partial charge in [0.2, 0.25) is 21.8 Å². The third-order valence-corrected chi connectivity index (χ3v) is 12.1. The maximum absolute atomic E-state index is 14.0. The van der Waals surface area contributed by atoms with Crippen molar-refractivity contribution in [1.82, 2.24) is 14.9 Å². The summed E-state index contributed by atoms with van der Waals surface area (Å²) in [4.78, 5) is 58.3. The van der Waals surface area contributed by atoms with Crippen molar-refractivity contribution in [1.29, 1.82) is 0 Å². The maximum atomic E-state index is 14.0. The molecule has 2 N–H and O–H groups in total. The lowest BCUT2D eigenvalue weighted by Gasteiger charge is -2.31. The van der Waals surface area contributed by atoms with Gasteiger partial charge in [-0.15, -0.1) is 0 Å². The lowest BCUT2D eigenvalue weighted by Crippen LogP contribution is -2.54. The number of ether oxygens (including phenoxy) is 1. The molecule has 2 aromatic carbocycles. The predicted octanol–water partition coefficient (Wildman–Crippen LogP) is 3.89. The number of anilines is 1. The Morgan fingerprint density at radius 3 is 2.49 bits per heavy atom. The van der Waals surface area contributed by atoms with Gasteiger partial charge < -0.3 is 15.0 Å². The van der Waals surface area contributed by atoms with Crippen molar-refractivity contribution in [2.45, 2.75) is 74.8 Å². The van der Waals surface area contributed by atoms with Crippen LogP contribution in [-0.2, 0) is 35.7 Å². The minimum absolute atomic E-state index is 0.104. The van der Waals surface area contributed by atoms with Gasteiger partial charge in [-0.3, -0.25) is 24.0 Å². The van der Waals surface area contributed by atoms with E-state index in [-0.39, 0.29) is 31.1 Å². The fourth-order valence-electron chi connectivity index (χ4n) is 7.37. The summed E-state index contributed by atoms with van der Waals surface area (Å²) in [5.74, 6) is -3.47. The molecule has 2 aromatic rings. The van der Waals surface area contributed by atoms with Crippen LogP contribution in [0, 0.1) is 17.8 Å². The molecule has 2 heterocycles. The highest BCUT2D eigenvalue weighted by Crippen LogP contribution is 2.47. The molecule has 3 saturated carbocycles. The molecule has 2 aliphatic heterocycles. The van der Waals surface area contributed by atoms with Crippen molar-refractivity contribution in [3.8, 4) is 11.1 Å². The van der Waals surface area contributed by atoms with Crippen molar-refractivity contribution >= 4 is 39.5 Å². The van der Waals surface area contributed by atoms with Crippen molar-refractivity contribution in [3.05, 3.63) is 66.2 Å². The van der Waals surface area contributed by atoms with E-state index in [1.807, 2.05) is 60.7 Å². The van der Waals surface area contributed by atoms with Gasteiger partial charge in [0.15, 0.2) is 0 Å². The second-order valence-corrected chi connectivity index (χ2v) is 15.5. The van der Waals surface area contributed by atoms with E-state index in [1.54, 1.807) is 16.8 Å². The van der Waals surface area contributed by atoms with E-state index >= 15 is 0 Å². The number of hydrogen-bond donors (Lipinski definition) is 2. The summed E-state index contributed by atoms with van der Waals surface area (Å²) in [6.45, 7) is 0.852. The van der Waals surface area contributed by atoms with Crippen LogP contribution in [0.15, 0.2) is 60.7 Å². The van der Waals surface area contributed by atoms with Crippen LogP contribution in [-0.4, -0.2) is 67.6 Å². The Balaban J connectivity index is 1.12. The summed E-state index contributed by atoms with van der Waals surface area (Å²) in [6.07, 6.45) is 6.43. The molecule has 47 heavy (non-hydrogen) atoms. The number of sulfonamides is 1. The molecular weight excluding hydrogens is 620 g/mol. The molecule has 248 valence electrons. The lowest BCUT2D eigenvalue weighted by atomic mass is 9.93. The van der Waals surface area contributed by atoms with E-state index in [2.05, 4.69) is 10.0 Å². The SMILES string of the molecule is CN1CCCCC=C[C@@H]2C[C@@]2(C(=O)NS(=O)(=O)C2CC2)NC(=O)[C@@H]2C[C@@H](OC(=O)N3Cc4ccccc4-c4ccccc43)C[C@H]2C1=O. The molecule has 5 aliphatic rings. The summed E-state index contributed by atoms with van der Waals surface area (Å²) >= 11 is 0. The normalized spacial score (nSPS) is 29.0. The number of para-hydroxylation sites is 1. The van der Waals surface area contributed by atoms with Crippen LogP contribution in [0.2, 0.25) is 0 Å². The highest BCUT2D eigenvalue weighted by atomic mass is 32.2. The molecule has 5 atom stereocenters. The van der Waals surface area contributed by atoms with Gasteiger partial charge >= 0.3 is 6.09 Å². The molecule has 7 rings (SSSR count). The average Bonchev–Trinajstić information content (AvgIpc) is 3.98. The molecule has 3 fully saturated rings. The number of carbonyl (C=O) groups excluding carboxylic acids is 4. The van der Waals surface area contributed by atoms with Gasteiger partial charge in [0.05, 0.1) is 29.3 Å². The summed E-state index contributed by atoms with van der Waals surface area (Å²) in [5, 5.41) is 2.29. The molecule has 0 saturated heterocycles. The van der Waals surface area contributed by atoms with Crippen LogP contribution in [0.1, 0.15) is 56.9 Å². The number of nitrogens with one attached hydrogen (secondary N) is 2. The molecule has 11 nitrogen and oxygen atoms in total. The van der Waals surface area contributed by atoms with E-state index in [1.165, 1.54) is 0 Å². The van der Waals surface area contributed by atoms with Crippen LogP contribution in [0.25, 0.3) is 11.1 Å². The van der Waals surface area contributed by atoms with E-state index in [0.717, 1.165) is 41.6 Å². The summed E-state index contributed by atoms with van der Waals surface area (Å²) in [7, 11) is -2.11. The monoisotopic (exact) mass is 660 g/mol. The first-order valence-electron chi connectivity index (χ1n) is 16.5. The van der Waals surface area contributed by atoms with E-state index in [4.69, 9.17) is 4.74 Å². The number of amides is 4. The number of carbonyl (C=O) groups is 4. The van der Waals surface area contributed by atoms with E-state index < -0.39 is 56.7 Å². The molecule has 0 unspecified atom stereocenters. The molecular formula is C35H40N4O7S. The first-order valence-corrected chi connectivity index (χ1v) is 18.1. The quantitative estimate of drug-likeness (QED) is 0.474. The first-order chi connectivity index (χ1) is 22.6. The van der Waals surface area contributed by atoms with Gasteiger partial charge in [-0.05, 0) is 68.6 Å². The Bertz CT molecular complexity index is 1760. The standard InChI is InChI=1S/C35H40N4O7S/c1-38-17-9-3-2-4-11-23-20-35(23,33(42)37-47(44,45)25-15-16-25)36-31(40)28-18-24(19-29(28)32(38)41)46-34(43)39-21-22-10-5-6-12-26(22)27-13-7-8-14-30(27)39/h4-8,10-14,23-25,28-29H,2-3,9,15-21H2,1H3,(H,36,40)(H,37,42)/t23-,24-,28-,29-,35-/m1/s1. The molecule has 0 bridgehead atoms. The Morgan fingerprint density at radius 1 is 0.979 bits per heavy atom. The number of hydrogen-bond acceptors (Lipinski definition) is 7. The largest absolute Gasteiger partial charge is 0.446 e. The highest BCUT2D eigenvalue weighted by Gasteiger charge is 2.62. The Morgan fingerprint density at radius 2 is 1.70 bits per heavy atom. The minimum Gasteiger partial charge on any atom is -0.446 e. The highest BCUT2D eigenvalue weighted by molar-refractivity contribution is 7.91. The van der Waals surface area contributed by atoms with Crippen LogP contribution < -0.4 is 14.9 Å². The van der Waals surface area contributed by atoms with Crippen molar-refractivity contribution in [2.24, 2.45) is 17.8 Å². The molecule has 3 aliphatic carbocycles. The fourth-order valence-corrected chi connectivity index (χ4v) is 8.74. The third kappa shape index (κ3) is 6.03. The van der Waals surface area contributed by atoms with Crippen LogP contribution in [0.5, 0.6) is 0 Å². The molecule has 4 amide bonds. The molecule has 0 aromatic heterocycles. The predicted molar refractivity (Wildman–Crippen MR) is 174 cm³/mol. The molecule has 0 spiro atoms. The second-order valence-electron chi connectivity index (χ2n) is 13.6. The summed E-state index contributed by atoms with van der Waals surface area (Å²) < 4.78 is 33.6. The number of fused-ring (bicyclic) bond motifs is 5. The zero-order chi connectivity index (χ0) is 32.9. The maximum Gasteiger partial charge on any atom is 0.414 e. The van der Waals surface area contributed by atoms with E-state index in [9.17, 15) is 27.6 Å². The second kappa shape index (κ2) is 12.1. The number of nitrogens with zero attached hydrogens (tertiary/aromatic N) is 2. The van der Waals surface area contributed by atoms with Gasteiger partial charge in [0, 0.05) is 25.1 Å². The lowest BCUT2D eigenvalue weighted by molar-refractivity contribution is -0.140. The Hall–Kier alpha value is -4.19. The summed E-state index contributed by atoms with van der Waals surface area (Å²) in [6, 6.07) is 15.5. The first kappa shape index (κ1) is 31.4. The number of benzene rings is 2. The molecule has 12 heteroatoms.